The predicted octanol–water partition coefficient (Wildman–Crippen LogP) is 3.76. The van der Waals surface area contributed by atoms with Crippen molar-refractivity contribution >= 4 is 23.6 Å². The van der Waals surface area contributed by atoms with Gasteiger partial charge in [-0.15, -0.1) is 0 Å². The molecular weight excluding hydrogens is 430 g/mol. The minimum absolute atomic E-state index is 0.00187. The summed E-state index contributed by atoms with van der Waals surface area (Å²) in [4.78, 5) is 44.2. The van der Waals surface area contributed by atoms with E-state index in [2.05, 4.69) is 6.07 Å². The van der Waals surface area contributed by atoms with Crippen LogP contribution < -0.4 is 4.90 Å². The van der Waals surface area contributed by atoms with Crippen molar-refractivity contribution in [3.63, 3.8) is 0 Å². The van der Waals surface area contributed by atoms with E-state index in [-0.39, 0.29) is 24.5 Å². The van der Waals surface area contributed by atoms with Crippen molar-refractivity contribution in [1.29, 1.82) is 0 Å². The van der Waals surface area contributed by atoms with Gasteiger partial charge in [0.2, 0.25) is 11.8 Å². The van der Waals surface area contributed by atoms with Crippen LogP contribution in [0.5, 0.6) is 0 Å². The Hall–Kier alpha value is -3.35. The summed E-state index contributed by atoms with van der Waals surface area (Å²) < 4.78 is 5.49. The van der Waals surface area contributed by atoms with Gasteiger partial charge in [-0.3, -0.25) is 14.5 Å². The molecule has 2 aromatic rings. The lowest BCUT2D eigenvalue weighted by molar-refractivity contribution is -0.136. The average Bonchev–Trinajstić information content (AvgIpc) is 3.38. The van der Waals surface area contributed by atoms with Crippen LogP contribution in [0.15, 0.2) is 54.6 Å². The molecule has 0 N–H and O–H groups in total. The zero-order valence-electron chi connectivity index (χ0n) is 19.4. The Labute approximate surface area is 200 Å². The van der Waals surface area contributed by atoms with E-state index in [1.165, 1.54) is 5.56 Å². The van der Waals surface area contributed by atoms with E-state index in [1.807, 2.05) is 58.3 Å². The molecule has 3 aliphatic rings. The van der Waals surface area contributed by atoms with Gasteiger partial charge in [0, 0.05) is 37.8 Å². The molecule has 0 bridgehead atoms. The first-order valence-corrected chi connectivity index (χ1v) is 12.3. The summed E-state index contributed by atoms with van der Waals surface area (Å²) in [6.07, 6.45) is 3.86. The van der Waals surface area contributed by atoms with Gasteiger partial charge < -0.3 is 14.5 Å². The van der Waals surface area contributed by atoms with E-state index in [9.17, 15) is 14.4 Å². The van der Waals surface area contributed by atoms with Crippen molar-refractivity contribution in [2.45, 2.75) is 57.2 Å². The lowest BCUT2D eigenvalue weighted by atomic mass is 9.95. The quantitative estimate of drug-likeness (QED) is 0.695. The Morgan fingerprint density at radius 1 is 0.882 bits per heavy atom. The number of para-hydroxylation sites is 1. The summed E-state index contributed by atoms with van der Waals surface area (Å²) in [7, 11) is 0. The van der Waals surface area contributed by atoms with Crippen molar-refractivity contribution in [1.82, 2.24) is 9.80 Å². The maximum atomic E-state index is 13.3. The summed E-state index contributed by atoms with van der Waals surface area (Å²) >= 11 is 0. The van der Waals surface area contributed by atoms with Gasteiger partial charge in [0.25, 0.3) is 0 Å². The number of carbonyl (C=O) groups excluding carboxylic acids is 3. The van der Waals surface area contributed by atoms with Gasteiger partial charge in [-0.05, 0) is 49.3 Å². The van der Waals surface area contributed by atoms with Gasteiger partial charge in [0.1, 0.15) is 12.6 Å². The average molecular weight is 462 g/mol. The van der Waals surface area contributed by atoms with Crippen LogP contribution in [-0.2, 0) is 27.4 Å². The molecule has 34 heavy (non-hydrogen) atoms. The number of likely N-dealkylation sites (tertiary alicyclic amines) is 2. The van der Waals surface area contributed by atoms with Crippen molar-refractivity contribution in [2.24, 2.45) is 0 Å². The van der Waals surface area contributed by atoms with Crippen LogP contribution in [0.25, 0.3) is 0 Å². The van der Waals surface area contributed by atoms with Crippen LogP contribution in [0.4, 0.5) is 10.5 Å². The second-order valence-corrected chi connectivity index (χ2v) is 9.34. The fraction of sp³-hybridized carbons (Fsp3) is 0.444. The summed E-state index contributed by atoms with van der Waals surface area (Å²) in [6, 6.07) is 17.3. The number of piperidine rings is 1. The lowest BCUT2D eigenvalue weighted by Gasteiger charge is -2.41. The molecule has 7 heteroatoms. The van der Waals surface area contributed by atoms with Crippen LogP contribution in [0.1, 0.15) is 43.2 Å². The number of benzene rings is 2. The molecule has 3 amide bonds. The number of nitrogens with zero attached hydrogens (tertiary/aromatic N) is 3. The molecule has 3 aliphatic heterocycles. The molecule has 5 rings (SSSR count). The lowest BCUT2D eigenvalue weighted by Crippen LogP contribution is -2.54. The first kappa shape index (κ1) is 22.4. The van der Waals surface area contributed by atoms with E-state index < -0.39 is 12.1 Å². The molecule has 178 valence electrons. The molecule has 2 saturated heterocycles. The zero-order chi connectivity index (χ0) is 23.5. The third kappa shape index (κ3) is 4.52. The normalized spacial score (nSPS) is 20.9. The third-order valence-electron chi connectivity index (χ3n) is 7.25. The van der Waals surface area contributed by atoms with Crippen LogP contribution in [0.3, 0.4) is 0 Å². The van der Waals surface area contributed by atoms with Gasteiger partial charge in [-0.1, -0.05) is 48.5 Å². The number of aryl methyl sites for hydroxylation is 1. The van der Waals surface area contributed by atoms with E-state index in [1.54, 1.807) is 4.90 Å². The molecular formula is C27H31N3O4. The molecule has 3 heterocycles. The minimum atomic E-state index is -0.461. The Balaban J connectivity index is 1.18. The number of ether oxygens (including phenoxy) is 1. The Morgan fingerprint density at radius 2 is 1.62 bits per heavy atom. The second kappa shape index (κ2) is 9.87. The van der Waals surface area contributed by atoms with E-state index in [4.69, 9.17) is 4.74 Å². The number of hydrogen-bond acceptors (Lipinski definition) is 4. The third-order valence-corrected chi connectivity index (χ3v) is 7.25. The Kier molecular flexibility index (Phi) is 6.52. The number of anilines is 1. The molecule has 2 fully saturated rings. The minimum Gasteiger partial charge on any atom is -0.445 e. The smallest absolute Gasteiger partial charge is 0.410 e. The van der Waals surface area contributed by atoms with Crippen molar-refractivity contribution in [2.75, 3.05) is 24.5 Å². The van der Waals surface area contributed by atoms with E-state index >= 15 is 0 Å². The SMILES string of the molecule is O=C(C1CCCN1C(=O)OCc1ccccc1)N1CCC(N2C(=O)CCc3ccccc32)CC1. The topological polar surface area (TPSA) is 70.2 Å². The number of carbonyl (C=O) groups is 3. The maximum Gasteiger partial charge on any atom is 0.410 e. The van der Waals surface area contributed by atoms with Crippen LogP contribution in [-0.4, -0.2) is 59.4 Å². The predicted molar refractivity (Wildman–Crippen MR) is 128 cm³/mol. The van der Waals surface area contributed by atoms with Gasteiger partial charge in [-0.25, -0.2) is 4.79 Å². The first-order chi connectivity index (χ1) is 16.6. The monoisotopic (exact) mass is 461 g/mol. The molecule has 0 aromatic heterocycles. The summed E-state index contributed by atoms with van der Waals surface area (Å²) in [5.41, 5.74) is 3.16. The number of amides is 3. The Bertz CT molecular complexity index is 1050. The second-order valence-electron chi connectivity index (χ2n) is 9.34. The van der Waals surface area contributed by atoms with Crippen molar-refractivity contribution in [3.05, 3.63) is 65.7 Å². The number of fused-ring (bicyclic) bond motifs is 1. The fourth-order valence-electron chi connectivity index (χ4n) is 5.45. The summed E-state index contributed by atoms with van der Waals surface area (Å²) in [6.45, 7) is 1.94. The molecule has 1 atom stereocenters. The molecule has 0 aliphatic carbocycles. The molecule has 7 nitrogen and oxygen atoms in total. The van der Waals surface area contributed by atoms with Crippen LogP contribution in [0, 0.1) is 0 Å². The maximum absolute atomic E-state index is 13.3. The zero-order valence-corrected chi connectivity index (χ0v) is 19.4. The highest BCUT2D eigenvalue weighted by Crippen LogP contribution is 2.33. The highest BCUT2D eigenvalue weighted by atomic mass is 16.6. The van der Waals surface area contributed by atoms with Crippen molar-refractivity contribution < 1.29 is 19.1 Å². The summed E-state index contributed by atoms with van der Waals surface area (Å²) in [5, 5.41) is 0. The highest BCUT2D eigenvalue weighted by molar-refractivity contribution is 5.97. The van der Waals surface area contributed by atoms with Gasteiger partial charge in [-0.2, -0.15) is 0 Å². The van der Waals surface area contributed by atoms with Gasteiger partial charge in [0.15, 0.2) is 0 Å². The molecule has 0 radical (unpaired) electrons. The number of rotatable bonds is 4. The summed E-state index contributed by atoms with van der Waals surface area (Å²) in [5.74, 6) is 0.171. The molecule has 2 aromatic carbocycles. The number of hydrogen-bond donors (Lipinski definition) is 0. The fourth-order valence-corrected chi connectivity index (χ4v) is 5.45. The van der Waals surface area contributed by atoms with Crippen LogP contribution in [0.2, 0.25) is 0 Å². The van der Waals surface area contributed by atoms with E-state index in [0.717, 1.165) is 36.9 Å². The van der Waals surface area contributed by atoms with Gasteiger partial charge in [0.05, 0.1) is 0 Å². The van der Waals surface area contributed by atoms with E-state index in [0.29, 0.717) is 32.5 Å². The van der Waals surface area contributed by atoms with Gasteiger partial charge >= 0.3 is 6.09 Å². The standard InChI is InChI=1S/C27H31N3O4/c31-25-13-12-21-9-4-5-10-23(21)30(25)22-14-17-28(18-15-22)26(32)24-11-6-16-29(24)27(33)34-19-20-7-2-1-3-8-20/h1-5,7-10,22,24H,6,11-19H2. The molecule has 1 unspecified atom stereocenters. The highest BCUT2D eigenvalue weighted by Gasteiger charge is 2.40. The molecule has 0 saturated carbocycles. The van der Waals surface area contributed by atoms with Crippen molar-refractivity contribution in [3.8, 4) is 0 Å². The van der Waals surface area contributed by atoms with Crippen LogP contribution >= 0.6 is 0 Å². The Morgan fingerprint density at radius 3 is 2.41 bits per heavy atom. The largest absolute Gasteiger partial charge is 0.445 e. The molecule has 0 spiro atoms. The first-order valence-electron chi connectivity index (χ1n) is 12.3.